The number of hydrogen-bond donors (Lipinski definition) is 2. The van der Waals surface area contributed by atoms with Crippen LogP contribution < -0.4 is 5.32 Å². The molecule has 0 aromatic heterocycles. The molecule has 0 bridgehead atoms. The summed E-state index contributed by atoms with van der Waals surface area (Å²) in [7, 11) is 0. The van der Waals surface area contributed by atoms with E-state index in [-0.39, 0.29) is 43.9 Å². The Morgan fingerprint density at radius 1 is 0.895 bits per heavy atom. The quantitative estimate of drug-likeness (QED) is 0.335. The molecule has 0 radical (unpaired) electrons. The van der Waals surface area contributed by atoms with Crippen molar-refractivity contribution in [1.82, 2.24) is 10.2 Å². The fourth-order valence-corrected chi connectivity index (χ4v) is 4.94. The van der Waals surface area contributed by atoms with Gasteiger partial charge in [-0.05, 0) is 46.6 Å². The molecule has 198 valence electrons. The standard InChI is InChI=1S/C31H34N2O5/c1-22(15-16-29(34)33(20-30(35)36)19-23-9-3-2-4-10-23)17-18-32-31(37)38-21-28-26-13-7-5-11-24(26)25-12-6-8-14-27(25)28/h2-14,22,28H,15-21H2,1H3,(H,32,37)(H,35,36). The fraction of sp³-hybridized carbons (Fsp3) is 0.323. The van der Waals surface area contributed by atoms with E-state index in [0.29, 0.717) is 19.4 Å². The van der Waals surface area contributed by atoms with Crippen molar-refractivity contribution in [3.63, 3.8) is 0 Å². The number of nitrogens with one attached hydrogen (secondary N) is 1. The van der Waals surface area contributed by atoms with E-state index >= 15 is 0 Å². The van der Waals surface area contributed by atoms with Crippen LogP contribution in [0.15, 0.2) is 78.9 Å². The second kappa shape index (κ2) is 12.9. The van der Waals surface area contributed by atoms with Crippen molar-refractivity contribution >= 4 is 18.0 Å². The highest BCUT2D eigenvalue weighted by Crippen LogP contribution is 2.44. The van der Waals surface area contributed by atoms with E-state index in [1.165, 1.54) is 27.2 Å². The van der Waals surface area contributed by atoms with Crippen molar-refractivity contribution < 1.29 is 24.2 Å². The topological polar surface area (TPSA) is 95.9 Å². The molecule has 3 aromatic carbocycles. The maximum Gasteiger partial charge on any atom is 0.407 e. The number of carbonyl (C=O) groups excluding carboxylic acids is 2. The Hall–Kier alpha value is -4.13. The molecule has 1 aliphatic carbocycles. The summed E-state index contributed by atoms with van der Waals surface area (Å²) in [6.45, 7) is 2.67. The maximum atomic E-state index is 12.7. The number of benzene rings is 3. The van der Waals surface area contributed by atoms with Crippen molar-refractivity contribution in [2.75, 3.05) is 19.7 Å². The van der Waals surface area contributed by atoms with Crippen molar-refractivity contribution in [2.24, 2.45) is 5.92 Å². The van der Waals surface area contributed by atoms with Crippen LogP contribution in [-0.2, 0) is 20.9 Å². The zero-order valence-electron chi connectivity index (χ0n) is 21.6. The monoisotopic (exact) mass is 514 g/mol. The van der Waals surface area contributed by atoms with Gasteiger partial charge in [0.05, 0.1) is 0 Å². The molecule has 2 amide bonds. The third-order valence-electron chi connectivity index (χ3n) is 7.00. The maximum absolute atomic E-state index is 12.7. The van der Waals surface area contributed by atoms with E-state index in [1.54, 1.807) is 0 Å². The van der Waals surface area contributed by atoms with Crippen molar-refractivity contribution in [2.45, 2.75) is 38.6 Å². The first kappa shape index (κ1) is 26.9. The Balaban J connectivity index is 1.19. The Labute approximate surface area is 223 Å². The summed E-state index contributed by atoms with van der Waals surface area (Å²) in [5.74, 6) is -1.03. The molecule has 7 nitrogen and oxygen atoms in total. The molecule has 4 rings (SSSR count). The predicted molar refractivity (Wildman–Crippen MR) is 146 cm³/mol. The molecule has 7 heteroatoms. The zero-order chi connectivity index (χ0) is 26.9. The number of fused-ring (bicyclic) bond motifs is 3. The molecule has 1 unspecified atom stereocenters. The van der Waals surface area contributed by atoms with Gasteiger partial charge in [-0.15, -0.1) is 0 Å². The number of amides is 2. The summed E-state index contributed by atoms with van der Waals surface area (Å²) in [6, 6.07) is 25.8. The lowest BCUT2D eigenvalue weighted by Gasteiger charge is -2.22. The van der Waals surface area contributed by atoms with E-state index < -0.39 is 12.1 Å². The summed E-state index contributed by atoms with van der Waals surface area (Å²) in [6.07, 6.45) is 1.10. The molecule has 0 saturated carbocycles. The van der Waals surface area contributed by atoms with Crippen LogP contribution in [0.4, 0.5) is 4.79 Å². The first-order valence-electron chi connectivity index (χ1n) is 13.0. The normalized spacial score (nSPS) is 12.8. The molecule has 0 saturated heterocycles. The van der Waals surface area contributed by atoms with Crippen molar-refractivity contribution in [3.8, 4) is 11.1 Å². The Bertz CT molecular complexity index is 1210. The van der Waals surface area contributed by atoms with Crippen LogP contribution in [-0.4, -0.2) is 47.7 Å². The van der Waals surface area contributed by atoms with Gasteiger partial charge in [-0.2, -0.15) is 0 Å². The number of hydrogen-bond acceptors (Lipinski definition) is 4. The summed E-state index contributed by atoms with van der Waals surface area (Å²) < 4.78 is 5.58. The second-order valence-corrected chi connectivity index (χ2v) is 9.81. The summed E-state index contributed by atoms with van der Waals surface area (Å²) >= 11 is 0. The van der Waals surface area contributed by atoms with Crippen molar-refractivity contribution in [1.29, 1.82) is 0 Å². The molecule has 0 heterocycles. The largest absolute Gasteiger partial charge is 0.480 e. The SMILES string of the molecule is CC(CCNC(=O)OCC1c2ccccc2-c2ccccc21)CCC(=O)N(CC(=O)O)Cc1ccccc1. The van der Waals surface area contributed by atoms with E-state index in [4.69, 9.17) is 4.74 Å². The lowest BCUT2D eigenvalue weighted by molar-refractivity contribution is -0.145. The van der Waals surface area contributed by atoms with Gasteiger partial charge in [-0.3, -0.25) is 9.59 Å². The summed E-state index contributed by atoms with van der Waals surface area (Å²) in [5.41, 5.74) is 5.60. The summed E-state index contributed by atoms with van der Waals surface area (Å²) in [5, 5.41) is 12.0. The van der Waals surface area contributed by atoms with Crippen LogP contribution in [0.3, 0.4) is 0 Å². The molecule has 0 aliphatic heterocycles. The minimum atomic E-state index is -1.03. The van der Waals surface area contributed by atoms with Crippen LogP contribution in [0.25, 0.3) is 11.1 Å². The van der Waals surface area contributed by atoms with Gasteiger partial charge < -0.3 is 20.1 Å². The smallest absolute Gasteiger partial charge is 0.407 e. The van der Waals surface area contributed by atoms with Gasteiger partial charge in [0.1, 0.15) is 13.2 Å². The Morgan fingerprint density at radius 2 is 1.50 bits per heavy atom. The number of carboxylic acids is 1. The predicted octanol–water partition coefficient (Wildman–Crippen LogP) is 5.44. The third-order valence-corrected chi connectivity index (χ3v) is 7.00. The average molecular weight is 515 g/mol. The van der Waals surface area contributed by atoms with Gasteiger partial charge >= 0.3 is 12.1 Å². The fourth-order valence-electron chi connectivity index (χ4n) is 4.94. The van der Waals surface area contributed by atoms with E-state index in [9.17, 15) is 19.5 Å². The van der Waals surface area contributed by atoms with Crippen LogP contribution >= 0.6 is 0 Å². The number of rotatable bonds is 12. The highest BCUT2D eigenvalue weighted by atomic mass is 16.5. The lowest BCUT2D eigenvalue weighted by Crippen LogP contribution is -2.35. The molecule has 2 N–H and O–H groups in total. The summed E-state index contributed by atoms with van der Waals surface area (Å²) in [4.78, 5) is 37.8. The van der Waals surface area contributed by atoms with Crippen LogP contribution in [0, 0.1) is 5.92 Å². The molecule has 3 aromatic rings. The number of nitrogens with zero attached hydrogens (tertiary/aromatic N) is 1. The highest BCUT2D eigenvalue weighted by Gasteiger charge is 2.29. The Morgan fingerprint density at radius 3 is 2.13 bits per heavy atom. The average Bonchev–Trinajstić information content (AvgIpc) is 3.24. The van der Waals surface area contributed by atoms with E-state index in [2.05, 4.69) is 29.6 Å². The van der Waals surface area contributed by atoms with Crippen molar-refractivity contribution in [3.05, 3.63) is 95.6 Å². The first-order valence-corrected chi connectivity index (χ1v) is 13.0. The zero-order valence-corrected chi connectivity index (χ0v) is 21.6. The Kier molecular flexibility index (Phi) is 9.14. The molecule has 38 heavy (non-hydrogen) atoms. The molecule has 1 aliphatic rings. The third kappa shape index (κ3) is 7.00. The van der Waals surface area contributed by atoms with Gasteiger partial charge in [0, 0.05) is 25.4 Å². The molecule has 1 atom stereocenters. The minimum absolute atomic E-state index is 0.0164. The number of ether oxygens (including phenoxy) is 1. The van der Waals surface area contributed by atoms with Gasteiger partial charge in [-0.25, -0.2) is 4.79 Å². The molecule has 0 fully saturated rings. The minimum Gasteiger partial charge on any atom is -0.480 e. The number of carbonyl (C=O) groups is 3. The molecule has 0 spiro atoms. The highest BCUT2D eigenvalue weighted by molar-refractivity contribution is 5.81. The number of aliphatic carboxylic acids is 1. The van der Waals surface area contributed by atoms with Gasteiger partial charge in [-0.1, -0.05) is 85.8 Å². The van der Waals surface area contributed by atoms with Gasteiger partial charge in [0.2, 0.25) is 5.91 Å². The second-order valence-electron chi connectivity index (χ2n) is 9.81. The van der Waals surface area contributed by atoms with Crippen LogP contribution in [0.5, 0.6) is 0 Å². The lowest BCUT2D eigenvalue weighted by atomic mass is 9.98. The van der Waals surface area contributed by atoms with Crippen LogP contribution in [0.2, 0.25) is 0 Å². The van der Waals surface area contributed by atoms with Crippen LogP contribution in [0.1, 0.15) is 48.8 Å². The van der Waals surface area contributed by atoms with Gasteiger partial charge in [0.15, 0.2) is 0 Å². The molecular formula is C31H34N2O5. The number of carboxylic acid groups (broad SMARTS) is 1. The molecular weight excluding hydrogens is 480 g/mol. The van der Waals surface area contributed by atoms with E-state index in [0.717, 1.165) is 5.56 Å². The first-order chi connectivity index (χ1) is 18.4. The van der Waals surface area contributed by atoms with E-state index in [1.807, 2.05) is 61.5 Å². The van der Waals surface area contributed by atoms with Gasteiger partial charge in [0.25, 0.3) is 0 Å². The number of alkyl carbamates (subject to hydrolysis) is 1.